The van der Waals surface area contributed by atoms with Gasteiger partial charge in [-0.3, -0.25) is 0 Å². The molecule has 1 atom stereocenters. The largest absolute Gasteiger partial charge is 0.464 e. The van der Waals surface area contributed by atoms with Crippen LogP contribution in [0.5, 0.6) is 0 Å². The van der Waals surface area contributed by atoms with E-state index < -0.39 is 0 Å². The average Bonchev–Trinajstić information content (AvgIpc) is 3.00. The van der Waals surface area contributed by atoms with E-state index in [-0.39, 0.29) is 0 Å². The van der Waals surface area contributed by atoms with Crippen LogP contribution in [0.3, 0.4) is 0 Å². The molecule has 0 amide bonds. The second kappa shape index (κ2) is 5.01. The molecule has 108 valence electrons. The van der Waals surface area contributed by atoms with Gasteiger partial charge in [0.2, 0.25) is 0 Å². The van der Waals surface area contributed by atoms with Crippen molar-refractivity contribution in [1.29, 1.82) is 5.26 Å². The van der Waals surface area contributed by atoms with Gasteiger partial charge >= 0.3 is 0 Å². The molecule has 3 heteroatoms. The fraction of sp³-hybridized carbons (Fsp3) is 0.211. The van der Waals surface area contributed by atoms with Crippen molar-refractivity contribution in [3.8, 4) is 6.07 Å². The van der Waals surface area contributed by atoms with E-state index in [2.05, 4.69) is 42.3 Å². The summed E-state index contributed by atoms with van der Waals surface area (Å²) in [6, 6.07) is 16.7. The maximum Gasteiger partial charge on any atom is 0.134 e. The first-order chi connectivity index (χ1) is 10.7. The van der Waals surface area contributed by atoms with Crippen LogP contribution in [0.15, 0.2) is 53.1 Å². The van der Waals surface area contributed by atoms with E-state index in [1.165, 1.54) is 16.7 Å². The first kappa shape index (κ1) is 13.1. The molecule has 0 saturated heterocycles. The van der Waals surface area contributed by atoms with Gasteiger partial charge in [-0.25, -0.2) is 0 Å². The van der Waals surface area contributed by atoms with Gasteiger partial charge in [-0.05, 0) is 48.0 Å². The van der Waals surface area contributed by atoms with Gasteiger partial charge in [-0.15, -0.1) is 0 Å². The second-order valence-electron chi connectivity index (χ2n) is 5.99. The van der Waals surface area contributed by atoms with E-state index in [0.29, 0.717) is 5.92 Å². The smallest absolute Gasteiger partial charge is 0.134 e. The molecule has 1 aliphatic rings. The molecule has 1 aromatic heterocycles. The summed E-state index contributed by atoms with van der Waals surface area (Å²) in [5.41, 5.74) is 5.50. The first-order valence-electron chi connectivity index (χ1n) is 7.43. The number of nitriles is 1. The van der Waals surface area contributed by atoms with Crippen LogP contribution in [0.1, 0.15) is 28.2 Å². The Morgan fingerprint density at radius 1 is 1.18 bits per heavy atom. The van der Waals surface area contributed by atoms with Crippen LogP contribution in [0.4, 0.5) is 0 Å². The van der Waals surface area contributed by atoms with E-state index in [0.717, 1.165) is 29.6 Å². The molecular weight excluding hydrogens is 272 g/mol. The molecule has 0 bridgehead atoms. The fourth-order valence-corrected chi connectivity index (χ4v) is 3.39. The Bertz CT molecular complexity index is 888. The van der Waals surface area contributed by atoms with E-state index in [9.17, 15) is 0 Å². The van der Waals surface area contributed by atoms with Crippen LogP contribution in [-0.2, 0) is 6.54 Å². The van der Waals surface area contributed by atoms with Crippen molar-refractivity contribution in [2.75, 3.05) is 13.6 Å². The maximum atomic E-state index is 9.11. The molecule has 0 spiro atoms. The van der Waals surface area contributed by atoms with Crippen molar-refractivity contribution >= 4 is 11.0 Å². The van der Waals surface area contributed by atoms with Crippen LogP contribution in [0, 0.1) is 11.3 Å². The Hall–Kier alpha value is -2.57. The summed E-state index contributed by atoms with van der Waals surface area (Å²) in [5.74, 6) is 0.316. The van der Waals surface area contributed by atoms with E-state index >= 15 is 0 Å². The minimum Gasteiger partial charge on any atom is -0.464 e. The van der Waals surface area contributed by atoms with Gasteiger partial charge in [-0.2, -0.15) is 5.26 Å². The lowest BCUT2D eigenvalue weighted by Crippen LogP contribution is -2.31. The lowest BCUT2D eigenvalue weighted by molar-refractivity contribution is 0.295. The average molecular weight is 288 g/mol. The molecule has 0 fully saturated rings. The predicted octanol–water partition coefficient (Wildman–Crippen LogP) is 3.88. The van der Waals surface area contributed by atoms with E-state index in [1.807, 2.05) is 18.2 Å². The van der Waals surface area contributed by atoms with Crippen LogP contribution in [0.25, 0.3) is 11.0 Å². The molecule has 3 nitrogen and oxygen atoms in total. The zero-order valence-corrected chi connectivity index (χ0v) is 12.4. The van der Waals surface area contributed by atoms with Crippen molar-refractivity contribution in [2.45, 2.75) is 12.5 Å². The van der Waals surface area contributed by atoms with Gasteiger partial charge in [0.15, 0.2) is 0 Å². The van der Waals surface area contributed by atoms with Crippen molar-refractivity contribution in [1.82, 2.24) is 4.90 Å². The Balaban J connectivity index is 1.83. The van der Waals surface area contributed by atoms with Crippen LogP contribution < -0.4 is 0 Å². The molecule has 2 aromatic carbocycles. The van der Waals surface area contributed by atoms with Gasteiger partial charge in [0.05, 0.1) is 17.9 Å². The third-order valence-electron chi connectivity index (χ3n) is 4.46. The van der Waals surface area contributed by atoms with Gasteiger partial charge in [-0.1, -0.05) is 18.2 Å². The number of rotatable bonds is 1. The Morgan fingerprint density at radius 2 is 2.09 bits per heavy atom. The number of nitrogens with zero attached hydrogens (tertiary/aromatic N) is 2. The lowest BCUT2D eigenvalue weighted by atomic mass is 9.84. The van der Waals surface area contributed by atoms with Crippen LogP contribution >= 0.6 is 0 Å². The molecule has 1 unspecified atom stereocenters. The number of fused-ring (bicyclic) bond motifs is 2. The van der Waals surface area contributed by atoms with Crippen molar-refractivity contribution < 1.29 is 4.42 Å². The highest BCUT2D eigenvalue weighted by Crippen LogP contribution is 2.34. The molecule has 2 heterocycles. The number of furan rings is 1. The van der Waals surface area contributed by atoms with E-state index in [4.69, 9.17) is 9.68 Å². The first-order valence-corrected chi connectivity index (χ1v) is 7.43. The minimum absolute atomic E-state index is 0.316. The number of hydrogen-bond acceptors (Lipinski definition) is 3. The summed E-state index contributed by atoms with van der Waals surface area (Å²) in [6.07, 6.45) is 1.73. The zero-order valence-electron chi connectivity index (χ0n) is 12.4. The van der Waals surface area contributed by atoms with Gasteiger partial charge < -0.3 is 9.32 Å². The Morgan fingerprint density at radius 3 is 2.95 bits per heavy atom. The summed E-state index contributed by atoms with van der Waals surface area (Å²) in [6.45, 7) is 1.87. The minimum atomic E-state index is 0.316. The summed E-state index contributed by atoms with van der Waals surface area (Å²) >= 11 is 0. The highest BCUT2D eigenvalue weighted by atomic mass is 16.3. The molecule has 4 rings (SSSR count). The second-order valence-corrected chi connectivity index (χ2v) is 5.99. The van der Waals surface area contributed by atoms with Gasteiger partial charge in [0, 0.05) is 24.4 Å². The predicted molar refractivity (Wildman–Crippen MR) is 85.5 cm³/mol. The quantitative estimate of drug-likeness (QED) is 0.682. The van der Waals surface area contributed by atoms with Gasteiger partial charge in [0.1, 0.15) is 5.58 Å². The summed E-state index contributed by atoms with van der Waals surface area (Å²) in [4.78, 5) is 2.31. The fourth-order valence-electron chi connectivity index (χ4n) is 3.39. The lowest BCUT2D eigenvalue weighted by Gasteiger charge is -2.32. The number of hydrogen-bond donors (Lipinski definition) is 0. The molecule has 0 radical (unpaired) electrons. The third kappa shape index (κ3) is 2.09. The molecule has 3 aromatic rings. The topological polar surface area (TPSA) is 40.2 Å². The molecule has 1 aliphatic heterocycles. The Kier molecular flexibility index (Phi) is 2.99. The molecule has 0 saturated carbocycles. The summed E-state index contributed by atoms with van der Waals surface area (Å²) in [5, 5.41) is 10.2. The highest BCUT2D eigenvalue weighted by molar-refractivity contribution is 5.78. The Labute approximate surface area is 129 Å². The monoisotopic (exact) mass is 288 g/mol. The van der Waals surface area contributed by atoms with Crippen LogP contribution in [-0.4, -0.2) is 18.5 Å². The molecule has 0 N–H and O–H groups in total. The SMILES string of the molecule is CN1Cc2cc(C#N)ccc2C(c2ccc3ccoc3c2)C1. The zero-order chi connectivity index (χ0) is 15.1. The highest BCUT2D eigenvalue weighted by Gasteiger charge is 2.25. The molecule has 22 heavy (non-hydrogen) atoms. The number of benzene rings is 2. The molecular formula is C19H16N2O. The summed E-state index contributed by atoms with van der Waals surface area (Å²) < 4.78 is 5.54. The van der Waals surface area contributed by atoms with Crippen LogP contribution in [0.2, 0.25) is 0 Å². The standard InChI is InChI=1S/C19H16N2O/c1-21-11-16-8-13(10-20)2-5-17(16)18(12-21)15-4-3-14-6-7-22-19(14)9-15/h2-9,18H,11-12H2,1H3. The molecule has 0 aliphatic carbocycles. The maximum absolute atomic E-state index is 9.11. The summed E-state index contributed by atoms with van der Waals surface area (Å²) in [7, 11) is 2.13. The van der Waals surface area contributed by atoms with Gasteiger partial charge in [0.25, 0.3) is 0 Å². The van der Waals surface area contributed by atoms with Crippen molar-refractivity contribution in [2.24, 2.45) is 0 Å². The van der Waals surface area contributed by atoms with E-state index in [1.54, 1.807) is 6.26 Å². The van der Waals surface area contributed by atoms with Crippen molar-refractivity contribution in [3.05, 3.63) is 71.0 Å². The number of likely N-dealkylation sites (N-methyl/N-ethyl adjacent to an activating group) is 1. The normalized spacial score (nSPS) is 18.1. The van der Waals surface area contributed by atoms with Crippen molar-refractivity contribution in [3.63, 3.8) is 0 Å². The third-order valence-corrected chi connectivity index (χ3v) is 4.46.